The molecule has 25 heavy (non-hydrogen) atoms. The number of benzene rings is 2. The van der Waals surface area contributed by atoms with Crippen LogP contribution in [0.3, 0.4) is 0 Å². The van der Waals surface area contributed by atoms with Gasteiger partial charge in [0.2, 0.25) is 0 Å². The van der Waals surface area contributed by atoms with Crippen LogP contribution in [0.1, 0.15) is 5.56 Å². The average molecular weight is 392 g/mol. The van der Waals surface area contributed by atoms with E-state index in [4.69, 9.17) is 33.3 Å². The van der Waals surface area contributed by atoms with Gasteiger partial charge < -0.3 is 9.47 Å². The van der Waals surface area contributed by atoms with Gasteiger partial charge in [-0.15, -0.1) is 0 Å². The minimum Gasteiger partial charge on any atom is -0.497 e. The molecule has 0 N–H and O–H groups in total. The van der Waals surface area contributed by atoms with Crippen molar-refractivity contribution in [3.05, 3.63) is 58.0 Å². The van der Waals surface area contributed by atoms with Crippen LogP contribution in [0.4, 0.5) is 5.69 Å². The molecule has 0 radical (unpaired) electrons. The maximum atomic E-state index is 12.8. The van der Waals surface area contributed by atoms with E-state index in [1.165, 1.54) is 23.8 Å². The van der Waals surface area contributed by atoms with Crippen LogP contribution in [0.5, 0.6) is 11.5 Å². The molecule has 4 nitrogen and oxygen atoms in total. The number of methoxy groups -OCH3 is 2. The van der Waals surface area contributed by atoms with Crippen molar-refractivity contribution in [2.75, 3.05) is 19.1 Å². The van der Waals surface area contributed by atoms with Crippen molar-refractivity contribution >= 4 is 57.6 Å². The number of hydrogen-bond donors (Lipinski definition) is 0. The number of thioether (sulfide) groups is 1. The number of nitrogens with zero attached hydrogens (tertiary/aromatic N) is 1. The van der Waals surface area contributed by atoms with E-state index < -0.39 is 0 Å². The second-order valence-electron chi connectivity index (χ2n) is 5.11. The van der Waals surface area contributed by atoms with Crippen LogP contribution in [-0.4, -0.2) is 24.4 Å². The zero-order chi connectivity index (χ0) is 18.0. The summed E-state index contributed by atoms with van der Waals surface area (Å²) in [6.07, 6.45) is 1.81. The number of anilines is 1. The fraction of sp³-hybridized carbons (Fsp3) is 0.111. The predicted molar refractivity (Wildman–Crippen MR) is 107 cm³/mol. The molecule has 0 atom stereocenters. The molecule has 1 saturated heterocycles. The van der Waals surface area contributed by atoms with Crippen LogP contribution >= 0.6 is 35.6 Å². The smallest absolute Gasteiger partial charge is 0.270 e. The highest BCUT2D eigenvalue weighted by Gasteiger charge is 2.33. The van der Waals surface area contributed by atoms with E-state index >= 15 is 0 Å². The van der Waals surface area contributed by atoms with Crippen molar-refractivity contribution < 1.29 is 14.3 Å². The van der Waals surface area contributed by atoms with E-state index in [1.807, 2.05) is 30.3 Å². The fourth-order valence-corrected chi connectivity index (χ4v) is 3.89. The van der Waals surface area contributed by atoms with Crippen molar-refractivity contribution in [1.82, 2.24) is 0 Å². The molecule has 0 spiro atoms. The minimum absolute atomic E-state index is 0.174. The molecule has 1 amide bonds. The molecule has 0 aromatic heterocycles. The second kappa shape index (κ2) is 7.47. The number of ether oxygens (including phenoxy) is 2. The van der Waals surface area contributed by atoms with Crippen molar-refractivity contribution in [3.63, 3.8) is 0 Å². The molecular formula is C18H14ClNO3S2. The average Bonchev–Trinajstić information content (AvgIpc) is 2.89. The first-order chi connectivity index (χ1) is 12.0. The third-order valence-corrected chi connectivity index (χ3v) is 5.20. The van der Waals surface area contributed by atoms with Crippen molar-refractivity contribution in [2.24, 2.45) is 0 Å². The summed E-state index contributed by atoms with van der Waals surface area (Å²) in [7, 11) is 3.15. The molecule has 0 unspecified atom stereocenters. The van der Waals surface area contributed by atoms with Gasteiger partial charge in [-0.2, -0.15) is 0 Å². The number of halogens is 1. The Labute approximate surface area is 160 Å². The fourth-order valence-electron chi connectivity index (χ4n) is 2.34. The number of carbonyl (C=O) groups is 1. The van der Waals surface area contributed by atoms with E-state index in [-0.39, 0.29) is 5.91 Å². The van der Waals surface area contributed by atoms with E-state index in [9.17, 15) is 4.79 Å². The molecular weight excluding hydrogens is 378 g/mol. The van der Waals surface area contributed by atoms with Gasteiger partial charge in [-0.1, -0.05) is 47.7 Å². The lowest BCUT2D eigenvalue weighted by Gasteiger charge is -2.15. The van der Waals surface area contributed by atoms with Gasteiger partial charge in [-0.05, 0) is 42.0 Å². The first-order valence-electron chi connectivity index (χ1n) is 7.29. The summed E-state index contributed by atoms with van der Waals surface area (Å²) in [5.41, 5.74) is 1.51. The highest BCUT2D eigenvalue weighted by atomic mass is 35.5. The van der Waals surface area contributed by atoms with Crippen LogP contribution < -0.4 is 14.4 Å². The van der Waals surface area contributed by atoms with E-state index in [2.05, 4.69) is 0 Å². The van der Waals surface area contributed by atoms with Gasteiger partial charge in [0.15, 0.2) is 4.32 Å². The van der Waals surface area contributed by atoms with Crippen molar-refractivity contribution in [2.45, 2.75) is 0 Å². The van der Waals surface area contributed by atoms with Crippen LogP contribution in [0.25, 0.3) is 6.08 Å². The molecule has 2 aromatic carbocycles. The van der Waals surface area contributed by atoms with Gasteiger partial charge in [0.25, 0.3) is 5.91 Å². The Bertz CT molecular complexity index is 865. The molecule has 2 aromatic rings. The van der Waals surface area contributed by atoms with Crippen molar-refractivity contribution in [3.8, 4) is 11.5 Å². The largest absolute Gasteiger partial charge is 0.497 e. The lowest BCUT2D eigenvalue weighted by Crippen LogP contribution is -2.27. The number of amides is 1. The number of carbonyl (C=O) groups excluding carboxylic acids is 1. The molecule has 0 bridgehead atoms. The molecule has 3 rings (SSSR count). The molecule has 1 heterocycles. The van der Waals surface area contributed by atoms with E-state index in [1.54, 1.807) is 25.3 Å². The molecule has 1 aliphatic rings. The van der Waals surface area contributed by atoms with Gasteiger partial charge in [0, 0.05) is 0 Å². The maximum Gasteiger partial charge on any atom is 0.270 e. The third-order valence-electron chi connectivity index (χ3n) is 3.60. The monoisotopic (exact) mass is 391 g/mol. The first-order valence-corrected chi connectivity index (χ1v) is 8.89. The normalized spacial score (nSPS) is 15.8. The topological polar surface area (TPSA) is 38.8 Å². The van der Waals surface area contributed by atoms with Crippen LogP contribution in [0, 0.1) is 0 Å². The molecule has 1 fully saturated rings. The van der Waals surface area contributed by atoms with Gasteiger partial charge in [0.1, 0.15) is 11.5 Å². The van der Waals surface area contributed by atoms with Crippen molar-refractivity contribution in [1.29, 1.82) is 0 Å². The number of thiocarbonyl (C=S) groups is 1. The maximum absolute atomic E-state index is 12.8. The Balaban J connectivity index is 1.89. The Kier molecular flexibility index (Phi) is 5.32. The van der Waals surface area contributed by atoms with Gasteiger partial charge in [-0.25, -0.2) is 0 Å². The quantitative estimate of drug-likeness (QED) is 0.554. The van der Waals surface area contributed by atoms with Gasteiger partial charge >= 0.3 is 0 Å². The summed E-state index contributed by atoms with van der Waals surface area (Å²) in [5, 5.41) is 0.424. The summed E-state index contributed by atoms with van der Waals surface area (Å²) < 4.78 is 10.7. The second-order valence-corrected chi connectivity index (χ2v) is 7.19. The van der Waals surface area contributed by atoms with Gasteiger partial charge in [-0.3, -0.25) is 9.69 Å². The van der Waals surface area contributed by atoms with Crippen LogP contribution in [0.2, 0.25) is 5.02 Å². The van der Waals surface area contributed by atoms with Gasteiger partial charge in [0.05, 0.1) is 29.8 Å². The summed E-state index contributed by atoms with van der Waals surface area (Å²) in [5.74, 6) is 1.13. The molecule has 1 aliphatic heterocycles. The standard InChI is InChI=1S/C18H14ClNO3S2/c1-22-13-6-3-11(4-7-13)9-16-17(21)20(18(24)25-16)12-5-8-15(23-2)14(19)10-12/h3-10H,1-2H3. The highest BCUT2D eigenvalue weighted by molar-refractivity contribution is 8.27. The lowest BCUT2D eigenvalue weighted by molar-refractivity contribution is -0.113. The predicted octanol–water partition coefficient (Wildman–Crippen LogP) is 4.76. The summed E-state index contributed by atoms with van der Waals surface area (Å²) in [6.45, 7) is 0. The zero-order valence-electron chi connectivity index (χ0n) is 13.5. The Morgan fingerprint density at radius 2 is 1.84 bits per heavy atom. The summed E-state index contributed by atoms with van der Waals surface area (Å²) in [6, 6.07) is 12.6. The first kappa shape index (κ1) is 17.8. The molecule has 128 valence electrons. The number of rotatable bonds is 4. The molecule has 7 heteroatoms. The molecule has 0 aliphatic carbocycles. The molecule has 0 saturated carbocycles. The summed E-state index contributed by atoms with van der Waals surface area (Å²) in [4.78, 5) is 14.8. The SMILES string of the molecule is COc1ccc(C=C2SC(=S)N(c3ccc(OC)c(Cl)c3)C2=O)cc1. The van der Waals surface area contributed by atoms with E-state index in [0.29, 0.717) is 25.7 Å². The Morgan fingerprint density at radius 3 is 2.44 bits per heavy atom. The number of hydrogen-bond acceptors (Lipinski definition) is 5. The minimum atomic E-state index is -0.174. The summed E-state index contributed by atoms with van der Waals surface area (Å²) >= 11 is 12.8. The van der Waals surface area contributed by atoms with Crippen LogP contribution in [0.15, 0.2) is 47.4 Å². The Morgan fingerprint density at radius 1 is 1.12 bits per heavy atom. The third kappa shape index (κ3) is 3.66. The zero-order valence-corrected chi connectivity index (χ0v) is 15.9. The lowest BCUT2D eigenvalue weighted by atomic mass is 10.2. The van der Waals surface area contributed by atoms with Crippen LogP contribution in [-0.2, 0) is 4.79 Å². The van der Waals surface area contributed by atoms with E-state index in [0.717, 1.165) is 11.3 Å². The highest BCUT2D eigenvalue weighted by Crippen LogP contribution is 2.38. The Hall–Kier alpha value is -2.02.